The molecule has 1 aliphatic heterocycles. The van der Waals surface area contributed by atoms with Crippen LogP contribution in [0.4, 0.5) is 23.0 Å². The van der Waals surface area contributed by atoms with Gasteiger partial charge in [0, 0.05) is 62.0 Å². The molecule has 0 radical (unpaired) electrons. The summed E-state index contributed by atoms with van der Waals surface area (Å²) in [5.74, 6) is 1.89. The molecule has 224 valence electrons. The highest BCUT2D eigenvalue weighted by molar-refractivity contribution is 6.02. The number of methoxy groups -OCH3 is 1. The first-order chi connectivity index (χ1) is 21.4. The molecule has 1 aliphatic carbocycles. The number of likely N-dealkylation sites (tertiary alicyclic amines) is 1. The molecule has 0 bridgehead atoms. The third kappa shape index (κ3) is 4.73. The first-order valence-electron chi connectivity index (χ1n) is 14.5. The summed E-state index contributed by atoms with van der Waals surface area (Å²) in [5, 5.41) is 15.6. The fourth-order valence-electron chi connectivity index (χ4n) is 6.64. The molecule has 1 amide bonds. The lowest BCUT2D eigenvalue weighted by atomic mass is 10.1. The monoisotopic (exact) mass is 590 g/mol. The highest BCUT2D eigenvalue weighted by Crippen LogP contribution is 2.51. The number of aromatic nitrogens is 6. The van der Waals surface area contributed by atoms with Crippen molar-refractivity contribution in [3.8, 4) is 22.7 Å². The number of fused-ring (bicyclic) bond motifs is 2. The van der Waals surface area contributed by atoms with Crippen LogP contribution >= 0.6 is 0 Å². The molecule has 12 heteroatoms. The molecule has 1 saturated heterocycles. The van der Waals surface area contributed by atoms with Crippen molar-refractivity contribution < 1.29 is 9.53 Å². The van der Waals surface area contributed by atoms with Crippen molar-refractivity contribution >= 4 is 39.8 Å². The lowest BCUT2D eigenvalue weighted by Crippen LogP contribution is -2.31. The van der Waals surface area contributed by atoms with Gasteiger partial charge in [0.25, 0.3) is 0 Å². The van der Waals surface area contributed by atoms with Crippen molar-refractivity contribution in [2.75, 3.05) is 49.8 Å². The quantitative estimate of drug-likeness (QED) is 0.245. The van der Waals surface area contributed by atoms with Crippen LogP contribution in [0.5, 0.6) is 5.75 Å². The molecule has 4 heterocycles. The Balaban J connectivity index is 1.29. The number of carbonyl (C=O) groups excluding carboxylic acids is 1. The van der Waals surface area contributed by atoms with E-state index in [-0.39, 0.29) is 5.91 Å². The summed E-state index contributed by atoms with van der Waals surface area (Å²) in [6, 6.07) is 12.4. The number of hydrogen-bond donors (Lipinski definition) is 2. The second kappa shape index (κ2) is 10.8. The Kier molecular flexibility index (Phi) is 6.77. The number of benzene rings is 2. The Morgan fingerprint density at radius 1 is 1.16 bits per heavy atom. The van der Waals surface area contributed by atoms with Gasteiger partial charge in [0.15, 0.2) is 0 Å². The number of carbonyl (C=O) groups is 1. The van der Waals surface area contributed by atoms with E-state index >= 15 is 0 Å². The van der Waals surface area contributed by atoms with Crippen LogP contribution in [0.3, 0.4) is 0 Å². The van der Waals surface area contributed by atoms with E-state index in [1.54, 1.807) is 30.4 Å². The molecule has 0 unspecified atom stereocenters. The molecule has 7 rings (SSSR count). The summed E-state index contributed by atoms with van der Waals surface area (Å²) in [6.45, 7) is 5.79. The summed E-state index contributed by atoms with van der Waals surface area (Å²) in [6.07, 6.45) is 8.42. The normalized spacial score (nSPS) is 19.0. The van der Waals surface area contributed by atoms with Gasteiger partial charge >= 0.3 is 0 Å². The van der Waals surface area contributed by atoms with Crippen molar-refractivity contribution in [3.05, 3.63) is 73.8 Å². The maximum absolute atomic E-state index is 12.5. The van der Waals surface area contributed by atoms with Gasteiger partial charge in [-0.05, 0) is 37.1 Å². The van der Waals surface area contributed by atoms with Gasteiger partial charge in [-0.25, -0.2) is 14.6 Å². The first kappa shape index (κ1) is 27.6. The molecule has 1 saturated carbocycles. The predicted molar refractivity (Wildman–Crippen MR) is 171 cm³/mol. The SMILES string of the molecule is C=CC(=O)Nc1cc(Nc2ncc(-n3ccnn3)c(-c3cn(C)c4ccccc34)n2)c(OC)cc1N(C)[C@H]1[C@@H]2CN(C)C[C@@H]21. The van der Waals surface area contributed by atoms with Crippen LogP contribution in [-0.2, 0) is 11.8 Å². The molecule has 3 atom stereocenters. The van der Waals surface area contributed by atoms with E-state index in [9.17, 15) is 4.79 Å². The Morgan fingerprint density at radius 2 is 1.95 bits per heavy atom. The van der Waals surface area contributed by atoms with E-state index < -0.39 is 0 Å². The van der Waals surface area contributed by atoms with Gasteiger partial charge < -0.3 is 29.7 Å². The number of ether oxygens (including phenoxy) is 1. The molecule has 3 aromatic heterocycles. The zero-order valence-electron chi connectivity index (χ0n) is 25.1. The van der Waals surface area contributed by atoms with E-state index in [1.165, 1.54) is 6.08 Å². The van der Waals surface area contributed by atoms with Crippen LogP contribution in [0, 0.1) is 11.8 Å². The highest BCUT2D eigenvalue weighted by atomic mass is 16.5. The van der Waals surface area contributed by atoms with Gasteiger partial charge in [-0.3, -0.25) is 4.79 Å². The maximum Gasteiger partial charge on any atom is 0.247 e. The first-order valence-corrected chi connectivity index (χ1v) is 14.5. The third-order valence-corrected chi connectivity index (χ3v) is 8.76. The minimum Gasteiger partial charge on any atom is -0.494 e. The molecule has 2 fully saturated rings. The summed E-state index contributed by atoms with van der Waals surface area (Å²) >= 11 is 0. The van der Waals surface area contributed by atoms with Crippen molar-refractivity contribution in [2.45, 2.75) is 6.04 Å². The number of nitrogens with one attached hydrogen (secondary N) is 2. The summed E-state index contributed by atoms with van der Waals surface area (Å²) < 4.78 is 9.58. The number of rotatable bonds is 9. The number of para-hydroxylation sites is 1. The maximum atomic E-state index is 12.5. The summed E-state index contributed by atoms with van der Waals surface area (Å²) in [4.78, 5) is 26.8. The summed E-state index contributed by atoms with van der Waals surface area (Å²) in [7, 11) is 7.88. The Hall–Kier alpha value is -5.23. The van der Waals surface area contributed by atoms with Gasteiger partial charge in [0.1, 0.15) is 17.1 Å². The van der Waals surface area contributed by atoms with Crippen LogP contribution in [0.25, 0.3) is 27.8 Å². The highest BCUT2D eigenvalue weighted by Gasteiger charge is 2.57. The number of piperidine rings is 1. The zero-order chi connectivity index (χ0) is 30.5. The second-order valence-corrected chi connectivity index (χ2v) is 11.5. The van der Waals surface area contributed by atoms with E-state index in [1.807, 2.05) is 31.3 Å². The van der Waals surface area contributed by atoms with Crippen molar-refractivity contribution in [1.29, 1.82) is 0 Å². The molecule has 12 nitrogen and oxygen atoms in total. The Morgan fingerprint density at radius 3 is 2.68 bits per heavy atom. The molecule has 0 spiro atoms. The fourth-order valence-corrected chi connectivity index (χ4v) is 6.64. The predicted octanol–water partition coefficient (Wildman–Crippen LogP) is 4.09. The number of amides is 1. The minimum absolute atomic E-state index is 0.293. The molecule has 44 heavy (non-hydrogen) atoms. The van der Waals surface area contributed by atoms with Crippen LogP contribution in [0.1, 0.15) is 0 Å². The van der Waals surface area contributed by atoms with Crippen LogP contribution in [0.15, 0.2) is 73.8 Å². The molecular weight excluding hydrogens is 556 g/mol. The van der Waals surface area contributed by atoms with E-state index in [4.69, 9.17) is 9.72 Å². The standard InChI is InChI=1S/C32H34N10O2/c1-6-29(43)35-23-13-24(28(44-5)14-26(23)41(4)31-21-16-39(2)17-22(21)31)36-32-33-15-27(42-12-11-34-38-42)30(37-32)20-18-40(3)25-10-8-7-9-19(20)25/h6-15,18,21-22,31H,1,16-17H2,2-5H3,(H,35,43)(H,33,36,37)/t21-,22+,31+. The van der Waals surface area contributed by atoms with E-state index in [2.05, 4.69) is 79.3 Å². The topological polar surface area (TPSA) is 118 Å². The molecular formula is C32H34N10O2. The van der Waals surface area contributed by atoms with Crippen molar-refractivity contribution in [2.24, 2.45) is 18.9 Å². The second-order valence-electron chi connectivity index (χ2n) is 11.5. The van der Waals surface area contributed by atoms with E-state index in [0.29, 0.717) is 52.3 Å². The third-order valence-electron chi connectivity index (χ3n) is 8.76. The fraction of sp³-hybridized carbons (Fsp3) is 0.281. The van der Waals surface area contributed by atoms with Gasteiger partial charge in [-0.15, -0.1) is 5.10 Å². The zero-order valence-corrected chi connectivity index (χ0v) is 25.1. The smallest absolute Gasteiger partial charge is 0.247 e. The molecule has 2 aromatic carbocycles. The van der Waals surface area contributed by atoms with Crippen molar-refractivity contribution in [1.82, 2.24) is 34.4 Å². The number of nitrogens with zero attached hydrogens (tertiary/aromatic N) is 8. The Bertz CT molecular complexity index is 1870. The Labute approximate surface area is 255 Å². The van der Waals surface area contributed by atoms with Crippen molar-refractivity contribution in [3.63, 3.8) is 0 Å². The average molecular weight is 591 g/mol. The largest absolute Gasteiger partial charge is 0.494 e. The van der Waals surface area contributed by atoms with Gasteiger partial charge in [0.05, 0.1) is 42.8 Å². The number of anilines is 4. The van der Waals surface area contributed by atoms with Gasteiger partial charge in [-0.1, -0.05) is 30.0 Å². The van der Waals surface area contributed by atoms with Gasteiger partial charge in [-0.2, -0.15) is 0 Å². The number of hydrogen-bond acceptors (Lipinski definition) is 9. The van der Waals surface area contributed by atoms with Crippen LogP contribution in [-0.4, -0.2) is 80.7 Å². The van der Waals surface area contributed by atoms with Crippen LogP contribution < -0.4 is 20.3 Å². The van der Waals surface area contributed by atoms with Crippen LogP contribution in [0.2, 0.25) is 0 Å². The molecule has 2 N–H and O–H groups in total. The minimum atomic E-state index is -0.293. The lowest BCUT2D eigenvalue weighted by molar-refractivity contribution is -0.111. The average Bonchev–Trinajstić information content (AvgIpc) is 3.44. The van der Waals surface area contributed by atoms with Gasteiger partial charge in [0.2, 0.25) is 11.9 Å². The lowest BCUT2D eigenvalue weighted by Gasteiger charge is -2.27. The number of aryl methyl sites for hydroxylation is 1. The molecule has 5 aromatic rings. The summed E-state index contributed by atoms with van der Waals surface area (Å²) in [5.41, 5.74) is 5.52. The molecule has 2 aliphatic rings. The van der Waals surface area contributed by atoms with E-state index in [0.717, 1.165) is 35.2 Å².